The molecule has 0 saturated heterocycles. The Morgan fingerprint density at radius 2 is 0.855 bits per heavy atom. The molecule has 0 aliphatic carbocycles. The topological polar surface area (TPSA) is 95.4 Å². The van der Waals surface area contributed by atoms with Gasteiger partial charge in [-0.05, 0) is 54.6 Å². The molecule has 0 fully saturated rings. The predicted molar refractivity (Wildman–Crippen MR) is 280 cm³/mol. The Morgan fingerprint density at radius 3 is 1.54 bits per heavy atom. The minimum absolute atomic E-state index is 0.507. The molecule has 0 amide bonds. The highest BCUT2D eigenvalue weighted by Gasteiger charge is 2.24. The maximum Gasteiger partial charge on any atom is 0.166 e. The zero-order chi connectivity index (χ0) is 45.4. The van der Waals surface area contributed by atoms with Gasteiger partial charge in [-0.3, -0.25) is 0 Å². The first kappa shape index (κ1) is 39.0. The summed E-state index contributed by atoms with van der Waals surface area (Å²) in [5.74, 6) is 3.33. The lowest BCUT2D eigenvalue weighted by Gasteiger charge is -2.16. The van der Waals surface area contributed by atoms with Gasteiger partial charge < -0.3 is 8.98 Å². The van der Waals surface area contributed by atoms with E-state index in [-0.39, 0.29) is 0 Å². The average Bonchev–Trinajstić information content (AvgIpc) is 4.11. The second-order valence-electron chi connectivity index (χ2n) is 17.0. The predicted octanol–water partition coefficient (Wildman–Crippen LogP) is 15.4. The Kier molecular flexibility index (Phi) is 8.90. The van der Waals surface area contributed by atoms with E-state index in [1.165, 1.54) is 14.8 Å². The van der Waals surface area contributed by atoms with Crippen molar-refractivity contribution in [2.24, 2.45) is 0 Å². The Labute approximate surface area is 398 Å². The molecule has 5 heterocycles. The summed E-state index contributed by atoms with van der Waals surface area (Å²) in [6, 6.07) is 72.7. The van der Waals surface area contributed by atoms with Crippen molar-refractivity contribution in [3.05, 3.63) is 212 Å². The molecule has 9 aromatic carbocycles. The number of nitrogens with zero attached hydrogens (tertiary/aromatic N) is 7. The summed E-state index contributed by atoms with van der Waals surface area (Å²) in [4.78, 5) is 31.6. The highest BCUT2D eigenvalue weighted by Crippen LogP contribution is 2.44. The number of furan rings is 1. The van der Waals surface area contributed by atoms with Crippen LogP contribution in [-0.4, -0.2) is 34.5 Å². The SMILES string of the molecule is c1ccc(-c2nc(-c3ccccc3)nc(-c3cc(-c4nc(-c5ccccc5)nc(-c5cccc6sc7ccccc7c56)n4)ccc3-n3c4ccccc4c4c5c(ccc43)oc3ccccc35)n2)cc1. The minimum Gasteiger partial charge on any atom is -0.456 e. The molecule has 0 aliphatic rings. The zero-order valence-corrected chi connectivity index (χ0v) is 37.5. The molecule has 322 valence electrons. The van der Waals surface area contributed by atoms with E-state index < -0.39 is 0 Å². The van der Waals surface area contributed by atoms with E-state index in [0.29, 0.717) is 34.9 Å². The van der Waals surface area contributed by atoms with E-state index in [9.17, 15) is 0 Å². The number of benzene rings is 9. The third-order valence-corrected chi connectivity index (χ3v) is 14.1. The van der Waals surface area contributed by atoms with Crippen LogP contribution in [0.25, 0.3) is 138 Å². The van der Waals surface area contributed by atoms with Gasteiger partial charge in [0.1, 0.15) is 11.2 Å². The lowest BCUT2D eigenvalue weighted by molar-refractivity contribution is 0.669. The average molecular weight is 902 g/mol. The number of thiophene rings is 1. The van der Waals surface area contributed by atoms with E-state index in [2.05, 4.69) is 114 Å². The van der Waals surface area contributed by atoms with Gasteiger partial charge in [-0.15, -0.1) is 11.3 Å². The molecule has 0 spiro atoms. The second kappa shape index (κ2) is 15.7. The highest BCUT2D eigenvalue weighted by atomic mass is 32.1. The first-order valence-corrected chi connectivity index (χ1v) is 23.6. The normalized spacial score (nSPS) is 11.8. The molecule has 0 saturated carbocycles. The van der Waals surface area contributed by atoms with Gasteiger partial charge in [0, 0.05) is 75.1 Å². The standard InChI is InChI=1S/C60H35N7OS/c1-4-17-36(18-5-1)55-61-56(37-19-6-2-7-20-37)65-60(64-55)44-35-39(31-32-46(44)67-45-27-13-10-23-40(45)53-47(67)33-34-49-54(53)41-24-11-14-28-48(41)68-49)58-62-57(38-21-8-3-9-22-38)63-59(66-58)43-26-16-30-51-52(43)42-25-12-15-29-50(42)69-51/h1-35H. The van der Waals surface area contributed by atoms with Crippen molar-refractivity contribution in [1.82, 2.24) is 34.5 Å². The quantitative estimate of drug-likeness (QED) is 0.157. The summed E-state index contributed by atoms with van der Waals surface area (Å²) in [7, 11) is 0. The number of fused-ring (bicyclic) bond motifs is 10. The Morgan fingerprint density at radius 1 is 0.319 bits per heavy atom. The van der Waals surface area contributed by atoms with Crippen molar-refractivity contribution in [2.75, 3.05) is 0 Å². The van der Waals surface area contributed by atoms with Crippen LogP contribution in [-0.2, 0) is 0 Å². The maximum atomic E-state index is 6.46. The van der Waals surface area contributed by atoms with E-state index >= 15 is 0 Å². The highest BCUT2D eigenvalue weighted by molar-refractivity contribution is 7.25. The number of hydrogen-bond donors (Lipinski definition) is 0. The zero-order valence-electron chi connectivity index (χ0n) is 36.7. The molecule has 14 aromatic rings. The van der Waals surface area contributed by atoms with E-state index in [1.807, 2.05) is 103 Å². The van der Waals surface area contributed by atoms with Gasteiger partial charge in [-0.2, -0.15) is 0 Å². The van der Waals surface area contributed by atoms with Crippen molar-refractivity contribution in [1.29, 1.82) is 0 Å². The van der Waals surface area contributed by atoms with Crippen molar-refractivity contribution in [3.63, 3.8) is 0 Å². The fraction of sp³-hybridized carbons (Fsp3) is 0. The van der Waals surface area contributed by atoms with Crippen LogP contribution in [0.3, 0.4) is 0 Å². The van der Waals surface area contributed by atoms with Gasteiger partial charge in [0.15, 0.2) is 34.9 Å². The van der Waals surface area contributed by atoms with Gasteiger partial charge in [-0.1, -0.05) is 158 Å². The van der Waals surface area contributed by atoms with Crippen LogP contribution < -0.4 is 0 Å². The third kappa shape index (κ3) is 6.43. The third-order valence-electron chi connectivity index (χ3n) is 12.9. The molecule has 0 atom stereocenters. The summed E-state index contributed by atoms with van der Waals surface area (Å²) in [6.45, 7) is 0. The van der Waals surface area contributed by atoms with Gasteiger partial charge in [0.05, 0.1) is 16.7 Å². The van der Waals surface area contributed by atoms with Gasteiger partial charge >= 0.3 is 0 Å². The van der Waals surface area contributed by atoms with Crippen molar-refractivity contribution in [2.45, 2.75) is 0 Å². The fourth-order valence-corrected chi connectivity index (χ4v) is 10.9. The van der Waals surface area contributed by atoms with E-state index in [4.69, 9.17) is 34.3 Å². The van der Waals surface area contributed by atoms with Gasteiger partial charge in [0.25, 0.3) is 0 Å². The molecule has 0 unspecified atom stereocenters. The van der Waals surface area contributed by atoms with E-state index in [0.717, 1.165) is 88.2 Å². The smallest absolute Gasteiger partial charge is 0.166 e. The second-order valence-corrected chi connectivity index (χ2v) is 18.1. The molecule has 5 aromatic heterocycles. The molecule has 0 aliphatic heterocycles. The number of aromatic nitrogens is 7. The first-order chi connectivity index (χ1) is 34.2. The Bertz CT molecular complexity index is 4260. The van der Waals surface area contributed by atoms with Crippen LogP contribution in [0.1, 0.15) is 0 Å². The summed E-state index contributed by atoms with van der Waals surface area (Å²) in [6.07, 6.45) is 0. The summed E-state index contributed by atoms with van der Waals surface area (Å²) in [5.41, 5.74) is 9.79. The Hall–Kier alpha value is -9.18. The molecular formula is C60H35N7OS. The number of hydrogen-bond acceptors (Lipinski definition) is 8. The van der Waals surface area contributed by atoms with E-state index in [1.54, 1.807) is 11.3 Å². The lowest BCUT2D eigenvalue weighted by atomic mass is 10.0. The monoisotopic (exact) mass is 901 g/mol. The van der Waals surface area contributed by atoms with Crippen LogP contribution in [0.15, 0.2) is 217 Å². The molecule has 0 bridgehead atoms. The number of para-hydroxylation sites is 2. The molecular weight excluding hydrogens is 867 g/mol. The minimum atomic E-state index is 0.507. The summed E-state index contributed by atoms with van der Waals surface area (Å²) >= 11 is 1.78. The van der Waals surface area contributed by atoms with Gasteiger partial charge in [0.2, 0.25) is 0 Å². The largest absolute Gasteiger partial charge is 0.456 e. The van der Waals surface area contributed by atoms with Crippen LogP contribution in [0.5, 0.6) is 0 Å². The summed E-state index contributed by atoms with van der Waals surface area (Å²) < 4.78 is 11.2. The van der Waals surface area contributed by atoms with Crippen LogP contribution in [0.4, 0.5) is 0 Å². The van der Waals surface area contributed by atoms with Gasteiger partial charge in [-0.25, -0.2) is 29.9 Å². The molecule has 9 heteroatoms. The lowest BCUT2D eigenvalue weighted by Crippen LogP contribution is -2.05. The van der Waals surface area contributed by atoms with Crippen LogP contribution in [0.2, 0.25) is 0 Å². The van der Waals surface area contributed by atoms with Crippen molar-refractivity contribution >= 4 is 75.3 Å². The molecule has 8 nitrogen and oxygen atoms in total. The summed E-state index contributed by atoms with van der Waals surface area (Å²) in [5, 5.41) is 6.67. The maximum absolute atomic E-state index is 6.46. The number of rotatable bonds is 7. The van der Waals surface area contributed by atoms with Crippen molar-refractivity contribution < 1.29 is 4.42 Å². The fourth-order valence-electron chi connectivity index (χ4n) is 9.82. The molecule has 69 heavy (non-hydrogen) atoms. The molecule has 0 radical (unpaired) electrons. The van der Waals surface area contributed by atoms with Crippen LogP contribution in [0, 0.1) is 0 Å². The molecule has 0 N–H and O–H groups in total. The Balaban J connectivity index is 1.07. The van der Waals surface area contributed by atoms with Crippen LogP contribution >= 0.6 is 11.3 Å². The molecule has 14 rings (SSSR count). The first-order valence-electron chi connectivity index (χ1n) is 22.8. The van der Waals surface area contributed by atoms with Crippen molar-refractivity contribution in [3.8, 4) is 74.0 Å².